The van der Waals surface area contributed by atoms with Crippen molar-refractivity contribution in [3.63, 3.8) is 0 Å². The second-order valence-corrected chi connectivity index (χ2v) is 4.35. The van der Waals surface area contributed by atoms with Gasteiger partial charge in [-0.25, -0.2) is 4.98 Å². The summed E-state index contributed by atoms with van der Waals surface area (Å²) in [4.78, 5) is 19.0. The number of halogens is 4. The molecule has 0 N–H and O–H groups in total. The van der Waals surface area contributed by atoms with Crippen molar-refractivity contribution in [2.45, 2.75) is 12.6 Å². The third-order valence-electron chi connectivity index (χ3n) is 2.55. The Morgan fingerprint density at radius 2 is 1.80 bits per heavy atom. The summed E-state index contributed by atoms with van der Waals surface area (Å²) in [6, 6.07) is 5.07. The largest absolute Gasteiger partial charge is 0.433 e. The lowest BCUT2D eigenvalue weighted by molar-refractivity contribution is -0.141. The zero-order valence-electron chi connectivity index (χ0n) is 9.99. The van der Waals surface area contributed by atoms with Crippen molar-refractivity contribution >= 4 is 17.4 Å². The van der Waals surface area contributed by atoms with Crippen molar-refractivity contribution in [1.29, 1.82) is 0 Å². The van der Waals surface area contributed by atoms with Crippen molar-refractivity contribution in [2.75, 3.05) is 0 Å². The highest BCUT2D eigenvalue weighted by atomic mass is 35.5. The van der Waals surface area contributed by atoms with Crippen molar-refractivity contribution in [1.82, 2.24) is 9.97 Å². The van der Waals surface area contributed by atoms with E-state index in [0.29, 0.717) is 5.56 Å². The first kappa shape index (κ1) is 14.5. The zero-order valence-corrected chi connectivity index (χ0v) is 10.7. The van der Waals surface area contributed by atoms with Crippen LogP contribution in [0, 0.1) is 0 Å². The molecule has 0 aliphatic rings. The van der Waals surface area contributed by atoms with E-state index in [4.69, 9.17) is 11.6 Å². The van der Waals surface area contributed by atoms with E-state index in [-0.39, 0.29) is 12.0 Å². The van der Waals surface area contributed by atoms with Crippen LogP contribution >= 0.6 is 11.6 Å². The SMILES string of the molecule is O=C(Cc1ccncc1)c1ccc(C(F)(F)F)nc1Cl. The van der Waals surface area contributed by atoms with Gasteiger partial charge in [0.05, 0.1) is 5.56 Å². The van der Waals surface area contributed by atoms with Gasteiger partial charge >= 0.3 is 6.18 Å². The molecule has 2 heterocycles. The van der Waals surface area contributed by atoms with Crippen LogP contribution in [-0.4, -0.2) is 15.8 Å². The first-order chi connectivity index (χ1) is 9.38. The molecule has 0 saturated heterocycles. The fourth-order valence-electron chi connectivity index (χ4n) is 1.58. The molecular weight excluding hydrogens is 293 g/mol. The van der Waals surface area contributed by atoms with Crippen molar-refractivity contribution in [3.05, 3.63) is 58.6 Å². The number of nitrogens with zero attached hydrogens (tertiary/aromatic N) is 2. The van der Waals surface area contributed by atoms with Crippen LogP contribution in [0.4, 0.5) is 13.2 Å². The van der Waals surface area contributed by atoms with Gasteiger partial charge in [-0.05, 0) is 29.8 Å². The van der Waals surface area contributed by atoms with Gasteiger partial charge in [0.1, 0.15) is 10.8 Å². The summed E-state index contributed by atoms with van der Waals surface area (Å²) in [5, 5.41) is -0.445. The van der Waals surface area contributed by atoms with E-state index < -0.39 is 22.8 Å². The van der Waals surface area contributed by atoms with Crippen molar-refractivity contribution < 1.29 is 18.0 Å². The Morgan fingerprint density at radius 3 is 2.35 bits per heavy atom. The van der Waals surface area contributed by atoms with E-state index in [1.165, 1.54) is 12.4 Å². The molecule has 0 saturated carbocycles. The average Bonchev–Trinajstić information content (AvgIpc) is 2.38. The van der Waals surface area contributed by atoms with E-state index in [9.17, 15) is 18.0 Å². The van der Waals surface area contributed by atoms with Gasteiger partial charge in [0, 0.05) is 18.8 Å². The molecule has 20 heavy (non-hydrogen) atoms. The summed E-state index contributed by atoms with van der Waals surface area (Å²) in [5.41, 5.74) is -0.458. The maximum Gasteiger partial charge on any atom is 0.433 e. The molecule has 0 radical (unpaired) electrons. The van der Waals surface area contributed by atoms with Crippen molar-refractivity contribution in [2.24, 2.45) is 0 Å². The summed E-state index contributed by atoms with van der Waals surface area (Å²) in [6.45, 7) is 0. The number of aromatic nitrogens is 2. The van der Waals surface area contributed by atoms with Crippen LogP contribution in [0.1, 0.15) is 21.6 Å². The fourth-order valence-corrected chi connectivity index (χ4v) is 1.84. The first-order valence-corrected chi connectivity index (χ1v) is 5.91. The van der Waals surface area contributed by atoms with Gasteiger partial charge in [-0.15, -0.1) is 0 Å². The summed E-state index contributed by atoms with van der Waals surface area (Å²) in [6.07, 6.45) is -1.52. The van der Waals surface area contributed by atoms with Gasteiger partial charge in [0.2, 0.25) is 0 Å². The standard InChI is InChI=1S/C13H8ClF3N2O/c14-12-9(1-2-11(19-12)13(15,16)17)10(20)7-8-3-5-18-6-4-8/h1-6H,7H2. The Morgan fingerprint density at radius 1 is 1.15 bits per heavy atom. The van der Waals surface area contributed by atoms with E-state index in [1.807, 2.05) is 0 Å². The molecule has 0 bridgehead atoms. The first-order valence-electron chi connectivity index (χ1n) is 5.54. The summed E-state index contributed by atoms with van der Waals surface area (Å²) < 4.78 is 37.3. The molecule has 0 fully saturated rings. The summed E-state index contributed by atoms with van der Waals surface area (Å²) >= 11 is 5.65. The molecule has 0 atom stereocenters. The summed E-state index contributed by atoms with van der Waals surface area (Å²) in [5.74, 6) is -0.401. The molecule has 0 aromatic carbocycles. The minimum atomic E-state index is -4.59. The minimum absolute atomic E-state index is 0.0231. The number of ketones is 1. The minimum Gasteiger partial charge on any atom is -0.294 e. The van der Waals surface area contributed by atoms with Gasteiger partial charge in [0.25, 0.3) is 0 Å². The highest BCUT2D eigenvalue weighted by molar-refractivity contribution is 6.32. The molecule has 2 aromatic heterocycles. The number of carbonyl (C=O) groups excluding carboxylic acids is 1. The average molecular weight is 301 g/mol. The van der Waals surface area contributed by atoms with Crippen LogP contribution in [0.15, 0.2) is 36.7 Å². The highest BCUT2D eigenvalue weighted by Crippen LogP contribution is 2.29. The smallest absolute Gasteiger partial charge is 0.294 e. The van der Waals surface area contributed by atoms with Crippen molar-refractivity contribution in [3.8, 4) is 0 Å². The highest BCUT2D eigenvalue weighted by Gasteiger charge is 2.33. The third-order valence-corrected chi connectivity index (χ3v) is 2.84. The van der Waals surface area contributed by atoms with E-state index >= 15 is 0 Å². The molecule has 0 spiro atoms. The van der Waals surface area contributed by atoms with Crippen LogP contribution in [0.25, 0.3) is 0 Å². The molecule has 3 nitrogen and oxygen atoms in total. The Labute approximate surface area is 117 Å². The molecular formula is C13H8ClF3N2O. The third kappa shape index (κ3) is 3.33. The normalized spacial score (nSPS) is 11.4. The predicted octanol–water partition coefficient (Wildman–Crippen LogP) is 3.57. The molecule has 104 valence electrons. The second-order valence-electron chi connectivity index (χ2n) is 3.99. The van der Waals surface area contributed by atoms with E-state index in [2.05, 4.69) is 9.97 Å². The Hall–Kier alpha value is -1.95. The van der Waals surface area contributed by atoms with Crippen LogP contribution < -0.4 is 0 Å². The topological polar surface area (TPSA) is 42.9 Å². The van der Waals surface area contributed by atoms with Crippen LogP contribution in [-0.2, 0) is 12.6 Å². The number of alkyl halides is 3. The Kier molecular flexibility index (Phi) is 4.04. The van der Waals surface area contributed by atoms with E-state index in [0.717, 1.165) is 12.1 Å². The Bertz CT molecular complexity index is 629. The van der Waals surface area contributed by atoms with Crippen LogP contribution in [0.3, 0.4) is 0 Å². The van der Waals surface area contributed by atoms with E-state index in [1.54, 1.807) is 12.1 Å². The molecule has 0 aliphatic carbocycles. The molecule has 7 heteroatoms. The monoisotopic (exact) mass is 300 g/mol. The predicted molar refractivity (Wildman–Crippen MR) is 66.5 cm³/mol. The number of carbonyl (C=O) groups is 1. The van der Waals surface area contributed by atoms with Gasteiger partial charge in [0.15, 0.2) is 5.78 Å². The maximum atomic E-state index is 12.4. The van der Waals surface area contributed by atoms with Crippen LogP contribution in [0.2, 0.25) is 5.15 Å². The van der Waals surface area contributed by atoms with Gasteiger partial charge in [-0.2, -0.15) is 13.2 Å². The number of hydrogen-bond donors (Lipinski definition) is 0. The molecule has 0 unspecified atom stereocenters. The number of pyridine rings is 2. The van der Waals surface area contributed by atoms with Gasteiger partial charge in [-0.1, -0.05) is 11.6 Å². The number of Topliss-reactive ketones (excluding diaryl/α,β-unsaturated/α-hetero) is 1. The maximum absolute atomic E-state index is 12.4. The molecule has 2 aromatic rings. The lowest BCUT2D eigenvalue weighted by atomic mass is 10.1. The van der Waals surface area contributed by atoms with Gasteiger partial charge in [-0.3, -0.25) is 9.78 Å². The van der Waals surface area contributed by atoms with Gasteiger partial charge < -0.3 is 0 Å². The zero-order chi connectivity index (χ0) is 14.8. The van der Waals surface area contributed by atoms with Crippen LogP contribution in [0.5, 0.6) is 0 Å². The number of hydrogen-bond acceptors (Lipinski definition) is 3. The lowest BCUT2D eigenvalue weighted by Gasteiger charge is -2.08. The molecule has 0 aliphatic heterocycles. The summed E-state index contributed by atoms with van der Waals surface area (Å²) in [7, 11) is 0. The Balaban J connectivity index is 2.23. The fraction of sp³-hybridized carbons (Fsp3) is 0.154. The molecule has 0 amide bonds. The second kappa shape index (κ2) is 5.58. The lowest BCUT2D eigenvalue weighted by Crippen LogP contribution is -2.11. The molecule has 2 rings (SSSR count). The quantitative estimate of drug-likeness (QED) is 0.643. The number of rotatable bonds is 3.